The summed E-state index contributed by atoms with van der Waals surface area (Å²) < 4.78 is 11.3. The fourth-order valence-corrected chi connectivity index (χ4v) is 4.25. The van der Waals surface area contributed by atoms with Crippen LogP contribution in [0.4, 0.5) is 0 Å². The average Bonchev–Trinajstić information content (AvgIpc) is 3.23. The fraction of sp³-hybridized carbons (Fsp3) is 0.368. The van der Waals surface area contributed by atoms with Crippen molar-refractivity contribution in [3.05, 3.63) is 44.6 Å². The average molecular weight is 453 g/mol. The molecule has 144 valence electrons. The van der Waals surface area contributed by atoms with Gasteiger partial charge in [-0.2, -0.15) is 11.3 Å². The Kier molecular flexibility index (Phi) is 6.38. The molecule has 2 heterocycles. The van der Waals surface area contributed by atoms with Crippen molar-refractivity contribution in [2.45, 2.75) is 18.9 Å². The summed E-state index contributed by atoms with van der Waals surface area (Å²) in [6.07, 6.45) is 1.46. The lowest BCUT2D eigenvalue weighted by molar-refractivity contribution is 0.0697. The molecule has 3 rings (SSSR count). The summed E-state index contributed by atoms with van der Waals surface area (Å²) in [7, 11) is 3.10. The number of nitrogens with one attached hydrogen (secondary N) is 1. The van der Waals surface area contributed by atoms with Gasteiger partial charge in [0.1, 0.15) is 16.0 Å². The molecule has 1 aromatic heterocycles. The first-order valence-corrected chi connectivity index (χ1v) is 10.3. The molecular formula is C19H21BrN2O4S. The Morgan fingerprint density at radius 3 is 2.30 bits per heavy atom. The van der Waals surface area contributed by atoms with Crippen LogP contribution < -0.4 is 14.8 Å². The topological polar surface area (TPSA) is 67.9 Å². The SMILES string of the molecule is COc1cc(C(=O)N2CCC(NC(=O)c3ccsc3)CC2)cc(OC)c1Br. The van der Waals surface area contributed by atoms with Crippen LogP contribution in [0.2, 0.25) is 0 Å². The van der Waals surface area contributed by atoms with Gasteiger partial charge < -0.3 is 19.7 Å². The summed E-state index contributed by atoms with van der Waals surface area (Å²) in [5, 5.41) is 6.77. The molecule has 2 aromatic rings. The molecule has 0 radical (unpaired) electrons. The maximum atomic E-state index is 12.9. The highest BCUT2D eigenvalue weighted by Crippen LogP contribution is 2.36. The van der Waals surface area contributed by atoms with Crippen LogP contribution in [0.5, 0.6) is 11.5 Å². The lowest BCUT2D eigenvalue weighted by Crippen LogP contribution is -2.46. The second-order valence-electron chi connectivity index (χ2n) is 6.25. The molecule has 6 nitrogen and oxygen atoms in total. The number of hydrogen-bond acceptors (Lipinski definition) is 5. The molecular weight excluding hydrogens is 432 g/mol. The molecule has 1 aliphatic heterocycles. The molecule has 1 fully saturated rings. The minimum Gasteiger partial charge on any atom is -0.495 e. The molecule has 0 saturated carbocycles. The number of thiophene rings is 1. The highest BCUT2D eigenvalue weighted by atomic mass is 79.9. The van der Waals surface area contributed by atoms with E-state index in [1.165, 1.54) is 11.3 Å². The molecule has 2 amide bonds. The third-order valence-corrected chi connectivity index (χ3v) is 6.06. The van der Waals surface area contributed by atoms with E-state index in [-0.39, 0.29) is 17.9 Å². The van der Waals surface area contributed by atoms with Crippen molar-refractivity contribution in [1.29, 1.82) is 0 Å². The van der Waals surface area contributed by atoms with Gasteiger partial charge in [0.25, 0.3) is 11.8 Å². The highest BCUT2D eigenvalue weighted by molar-refractivity contribution is 9.10. The molecule has 0 aliphatic carbocycles. The van der Waals surface area contributed by atoms with Gasteiger partial charge >= 0.3 is 0 Å². The monoisotopic (exact) mass is 452 g/mol. The van der Waals surface area contributed by atoms with E-state index >= 15 is 0 Å². The number of nitrogens with zero attached hydrogens (tertiary/aromatic N) is 1. The van der Waals surface area contributed by atoms with E-state index in [1.54, 1.807) is 31.3 Å². The maximum absolute atomic E-state index is 12.9. The maximum Gasteiger partial charge on any atom is 0.254 e. The van der Waals surface area contributed by atoms with Crippen LogP contribution in [0.15, 0.2) is 33.4 Å². The number of benzene rings is 1. The first-order valence-electron chi connectivity index (χ1n) is 8.57. The van der Waals surface area contributed by atoms with Crippen molar-refractivity contribution >= 4 is 39.1 Å². The smallest absolute Gasteiger partial charge is 0.254 e. The van der Waals surface area contributed by atoms with Crippen LogP contribution >= 0.6 is 27.3 Å². The van der Waals surface area contributed by atoms with Gasteiger partial charge in [-0.1, -0.05) is 0 Å². The molecule has 0 spiro atoms. The molecule has 27 heavy (non-hydrogen) atoms. The van der Waals surface area contributed by atoms with Crippen LogP contribution in [0.25, 0.3) is 0 Å². The first-order chi connectivity index (χ1) is 13.0. The Bertz CT molecular complexity index is 792. The Labute approximate surface area is 170 Å². The largest absolute Gasteiger partial charge is 0.495 e. The second kappa shape index (κ2) is 8.75. The van der Waals surface area contributed by atoms with Gasteiger partial charge in [-0.25, -0.2) is 0 Å². The number of carbonyl (C=O) groups excluding carboxylic acids is 2. The number of halogens is 1. The Morgan fingerprint density at radius 1 is 1.15 bits per heavy atom. The molecule has 1 N–H and O–H groups in total. The molecule has 8 heteroatoms. The zero-order chi connectivity index (χ0) is 19.4. The quantitative estimate of drug-likeness (QED) is 0.752. The number of piperidine rings is 1. The zero-order valence-corrected chi connectivity index (χ0v) is 17.6. The Balaban J connectivity index is 1.62. The summed E-state index contributed by atoms with van der Waals surface area (Å²) >= 11 is 4.91. The number of hydrogen-bond donors (Lipinski definition) is 1. The van der Waals surface area contributed by atoms with E-state index < -0.39 is 0 Å². The predicted octanol–water partition coefficient (Wildman–Crippen LogP) is 3.56. The zero-order valence-electron chi connectivity index (χ0n) is 15.2. The fourth-order valence-electron chi connectivity index (χ4n) is 3.06. The number of likely N-dealkylation sites (tertiary alicyclic amines) is 1. The first kappa shape index (κ1) is 19.7. The van der Waals surface area contributed by atoms with Crippen molar-refractivity contribution in [1.82, 2.24) is 10.2 Å². The van der Waals surface area contributed by atoms with Crippen LogP contribution in [0.3, 0.4) is 0 Å². The van der Waals surface area contributed by atoms with E-state index in [0.29, 0.717) is 40.2 Å². The van der Waals surface area contributed by atoms with Crippen molar-refractivity contribution in [3.8, 4) is 11.5 Å². The number of amides is 2. The lowest BCUT2D eigenvalue weighted by Gasteiger charge is -2.32. The Hall–Kier alpha value is -2.06. The van der Waals surface area contributed by atoms with E-state index in [1.807, 2.05) is 16.8 Å². The molecule has 0 bridgehead atoms. The number of carbonyl (C=O) groups is 2. The number of methoxy groups -OCH3 is 2. The molecule has 1 saturated heterocycles. The van der Waals surface area contributed by atoms with Gasteiger partial charge in [0.2, 0.25) is 0 Å². The number of ether oxygens (including phenoxy) is 2. The minimum atomic E-state index is -0.0679. The summed E-state index contributed by atoms with van der Waals surface area (Å²) in [6, 6.07) is 5.31. The molecule has 1 aliphatic rings. The van der Waals surface area contributed by atoms with Crippen molar-refractivity contribution in [2.75, 3.05) is 27.3 Å². The van der Waals surface area contributed by atoms with Crippen LogP contribution in [-0.4, -0.2) is 50.1 Å². The normalized spacial score (nSPS) is 14.7. The van der Waals surface area contributed by atoms with Gasteiger partial charge in [-0.15, -0.1) is 0 Å². The summed E-state index contributed by atoms with van der Waals surface area (Å²) in [4.78, 5) is 26.8. The Morgan fingerprint density at radius 2 is 1.78 bits per heavy atom. The standard InChI is InChI=1S/C19H21BrN2O4S/c1-25-15-9-13(10-16(26-2)17(15)20)19(24)22-6-3-14(4-7-22)21-18(23)12-5-8-27-11-12/h5,8-11,14H,3-4,6-7H2,1-2H3,(H,21,23). The lowest BCUT2D eigenvalue weighted by atomic mass is 10.0. The van der Waals surface area contributed by atoms with Crippen LogP contribution in [-0.2, 0) is 0 Å². The van der Waals surface area contributed by atoms with Gasteiger partial charge in [0, 0.05) is 35.6 Å². The van der Waals surface area contributed by atoms with E-state index in [2.05, 4.69) is 21.2 Å². The van der Waals surface area contributed by atoms with E-state index in [9.17, 15) is 9.59 Å². The second-order valence-corrected chi connectivity index (χ2v) is 7.82. The molecule has 1 aromatic carbocycles. The van der Waals surface area contributed by atoms with Crippen LogP contribution in [0, 0.1) is 0 Å². The van der Waals surface area contributed by atoms with Crippen LogP contribution in [0.1, 0.15) is 33.6 Å². The van der Waals surface area contributed by atoms with E-state index in [4.69, 9.17) is 9.47 Å². The summed E-state index contributed by atoms with van der Waals surface area (Å²) in [6.45, 7) is 1.18. The van der Waals surface area contributed by atoms with Gasteiger partial charge in [0.15, 0.2) is 0 Å². The third-order valence-electron chi connectivity index (χ3n) is 4.59. The summed E-state index contributed by atoms with van der Waals surface area (Å²) in [5.74, 6) is 0.983. The summed E-state index contributed by atoms with van der Waals surface area (Å²) in [5.41, 5.74) is 1.21. The predicted molar refractivity (Wildman–Crippen MR) is 108 cm³/mol. The minimum absolute atomic E-state index is 0.0524. The highest BCUT2D eigenvalue weighted by Gasteiger charge is 2.26. The molecule has 0 unspecified atom stereocenters. The molecule has 0 atom stereocenters. The van der Waals surface area contributed by atoms with Gasteiger partial charge in [0.05, 0.1) is 14.2 Å². The van der Waals surface area contributed by atoms with Crippen molar-refractivity contribution in [3.63, 3.8) is 0 Å². The third kappa shape index (κ3) is 4.44. The van der Waals surface area contributed by atoms with Crippen molar-refractivity contribution < 1.29 is 19.1 Å². The van der Waals surface area contributed by atoms with Crippen molar-refractivity contribution in [2.24, 2.45) is 0 Å². The van der Waals surface area contributed by atoms with Gasteiger partial charge in [-0.05, 0) is 52.4 Å². The van der Waals surface area contributed by atoms with Gasteiger partial charge in [-0.3, -0.25) is 9.59 Å². The number of rotatable bonds is 5. The van der Waals surface area contributed by atoms with E-state index in [0.717, 1.165) is 12.8 Å².